The Morgan fingerprint density at radius 2 is 1.41 bits per heavy atom. The van der Waals surface area contributed by atoms with E-state index in [2.05, 4.69) is 45.1 Å². The van der Waals surface area contributed by atoms with Crippen molar-refractivity contribution < 1.29 is 9.59 Å². The second-order valence-electron chi connectivity index (χ2n) is 10.7. The van der Waals surface area contributed by atoms with E-state index in [1.165, 1.54) is 24.8 Å². The summed E-state index contributed by atoms with van der Waals surface area (Å²) in [4.78, 5) is 28.5. The average molecular weight is 543 g/mol. The maximum atomic E-state index is 13.4. The third-order valence-corrected chi connectivity index (χ3v) is 7.65. The molecule has 0 saturated carbocycles. The molecule has 3 N–H and O–H groups in total. The summed E-state index contributed by atoms with van der Waals surface area (Å²) < 4.78 is 0. The number of hydrogen-bond donors (Lipinski definition) is 3. The van der Waals surface area contributed by atoms with Crippen molar-refractivity contribution in [2.24, 2.45) is 0 Å². The molecule has 4 aromatic carbocycles. The quantitative estimate of drug-likeness (QED) is 0.215. The minimum Gasteiger partial charge on any atom is -0.354 e. The standard InChI is InChI=1S/C35H34N4O2/c40-32(22-25-10-4-1-5-11-25)36-29-18-19-30-31(23-29)38-35(41)33(30)34(27-12-6-2-7-13-27)37-28-16-14-26(15-17-28)24-39-20-8-3-9-21-39/h1-2,4-7,10-19,23,37H,3,8-9,20-22,24H2,(H,36,40)(H,38,41). The van der Waals surface area contributed by atoms with Crippen molar-refractivity contribution in [3.8, 4) is 0 Å². The topological polar surface area (TPSA) is 73.5 Å². The van der Waals surface area contributed by atoms with Gasteiger partial charge in [0.1, 0.15) is 0 Å². The molecule has 0 aliphatic carbocycles. The van der Waals surface area contributed by atoms with Gasteiger partial charge in [-0.3, -0.25) is 14.5 Å². The summed E-state index contributed by atoms with van der Waals surface area (Å²) in [5.74, 6) is -0.285. The van der Waals surface area contributed by atoms with E-state index in [-0.39, 0.29) is 18.2 Å². The van der Waals surface area contributed by atoms with Gasteiger partial charge in [-0.25, -0.2) is 0 Å². The Morgan fingerprint density at radius 1 is 0.732 bits per heavy atom. The van der Waals surface area contributed by atoms with Gasteiger partial charge in [0.05, 0.1) is 23.4 Å². The van der Waals surface area contributed by atoms with Gasteiger partial charge in [-0.15, -0.1) is 0 Å². The van der Waals surface area contributed by atoms with Crippen LogP contribution in [0.25, 0.3) is 11.3 Å². The Bertz CT molecular complexity index is 1560. The lowest BCUT2D eigenvalue weighted by atomic mass is 9.99. The molecule has 0 spiro atoms. The molecule has 2 aliphatic rings. The number of hydrogen-bond acceptors (Lipinski definition) is 4. The lowest BCUT2D eigenvalue weighted by Crippen LogP contribution is -2.29. The summed E-state index contributed by atoms with van der Waals surface area (Å²) in [7, 11) is 0. The predicted molar refractivity (Wildman–Crippen MR) is 166 cm³/mol. The van der Waals surface area contributed by atoms with E-state index in [1.54, 1.807) is 0 Å². The molecule has 0 radical (unpaired) electrons. The van der Waals surface area contributed by atoms with Crippen LogP contribution in [0.4, 0.5) is 17.1 Å². The van der Waals surface area contributed by atoms with Gasteiger partial charge in [-0.2, -0.15) is 0 Å². The Morgan fingerprint density at radius 3 is 2.15 bits per heavy atom. The zero-order chi connectivity index (χ0) is 28.0. The molecule has 1 saturated heterocycles. The molecular formula is C35H34N4O2. The summed E-state index contributed by atoms with van der Waals surface area (Å²) in [6.07, 6.45) is 4.17. The second-order valence-corrected chi connectivity index (χ2v) is 10.7. The molecule has 206 valence electrons. The largest absolute Gasteiger partial charge is 0.354 e. The molecule has 2 aliphatic heterocycles. The molecule has 1 fully saturated rings. The summed E-state index contributed by atoms with van der Waals surface area (Å²) in [5, 5.41) is 9.52. The number of rotatable bonds is 8. The molecule has 0 bridgehead atoms. The van der Waals surface area contributed by atoms with Crippen molar-refractivity contribution in [1.29, 1.82) is 0 Å². The van der Waals surface area contributed by atoms with E-state index in [9.17, 15) is 9.59 Å². The molecule has 6 heteroatoms. The van der Waals surface area contributed by atoms with E-state index < -0.39 is 0 Å². The molecular weight excluding hydrogens is 508 g/mol. The van der Waals surface area contributed by atoms with Crippen LogP contribution in [0, 0.1) is 0 Å². The van der Waals surface area contributed by atoms with Crippen LogP contribution in [0.2, 0.25) is 0 Å². The minimum atomic E-state index is -0.180. The number of carbonyl (C=O) groups is 2. The molecule has 0 unspecified atom stereocenters. The third kappa shape index (κ3) is 6.39. The number of nitrogens with one attached hydrogen (secondary N) is 3. The van der Waals surface area contributed by atoms with Gasteiger partial charge in [0.2, 0.25) is 5.91 Å². The van der Waals surface area contributed by atoms with Crippen LogP contribution < -0.4 is 16.0 Å². The maximum Gasteiger partial charge on any atom is 0.258 e. The van der Waals surface area contributed by atoms with Crippen LogP contribution in [-0.4, -0.2) is 29.8 Å². The van der Waals surface area contributed by atoms with E-state index in [0.29, 0.717) is 16.9 Å². The van der Waals surface area contributed by atoms with Gasteiger partial charge in [-0.05, 0) is 73.0 Å². The molecule has 2 heterocycles. The van der Waals surface area contributed by atoms with Crippen LogP contribution in [-0.2, 0) is 22.6 Å². The fraction of sp³-hybridized carbons (Fsp3) is 0.200. The maximum absolute atomic E-state index is 13.4. The summed E-state index contributed by atoms with van der Waals surface area (Å²) in [6, 6.07) is 33.6. The lowest BCUT2D eigenvalue weighted by molar-refractivity contribution is -0.115. The van der Waals surface area contributed by atoms with Crippen molar-refractivity contribution >= 4 is 40.1 Å². The molecule has 6 nitrogen and oxygen atoms in total. The monoisotopic (exact) mass is 542 g/mol. The number of amides is 2. The van der Waals surface area contributed by atoms with Gasteiger partial charge in [0.25, 0.3) is 5.91 Å². The van der Waals surface area contributed by atoms with Crippen LogP contribution >= 0.6 is 0 Å². The Hall–Kier alpha value is -4.68. The van der Waals surface area contributed by atoms with Crippen LogP contribution in [0.5, 0.6) is 0 Å². The SMILES string of the molecule is O=C(Cc1ccccc1)Nc1ccc2c(c1)NC(=O)C2=C(Nc1ccc(CN2CCCCC2)cc1)c1ccccc1. The summed E-state index contributed by atoms with van der Waals surface area (Å²) in [6.45, 7) is 3.29. The van der Waals surface area contributed by atoms with E-state index in [0.717, 1.165) is 47.7 Å². The smallest absolute Gasteiger partial charge is 0.258 e. The number of anilines is 3. The zero-order valence-corrected chi connectivity index (χ0v) is 23.0. The lowest BCUT2D eigenvalue weighted by Gasteiger charge is -2.26. The number of likely N-dealkylation sites (tertiary alicyclic amines) is 1. The van der Waals surface area contributed by atoms with Gasteiger partial charge in [0, 0.05) is 23.5 Å². The van der Waals surface area contributed by atoms with Gasteiger partial charge < -0.3 is 16.0 Å². The Balaban J connectivity index is 1.25. The van der Waals surface area contributed by atoms with Gasteiger partial charge >= 0.3 is 0 Å². The Labute approximate surface area is 241 Å². The molecule has 41 heavy (non-hydrogen) atoms. The first-order chi connectivity index (χ1) is 20.1. The fourth-order valence-electron chi connectivity index (χ4n) is 5.58. The highest BCUT2D eigenvalue weighted by atomic mass is 16.2. The van der Waals surface area contributed by atoms with Crippen molar-refractivity contribution in [1.82, 2.24) is 4.90 Å². The highest BCUT2D eigenvalue weighted by Crippen LogP contribution is 2.39. The number of piperidine rings is 1. The molecule has 6 rings (SSSR count). The highest BCUT2D eigenvalue weighted by Gasteiger charge is 2.29. The van der Waals surface area contributed by atoms with E-state index in [1.807, 2.05) is 78.9 Å². The second kappa shape index (κ2) is 12.2. The summed E-state index contributed by atoms with van der Waals surface area (Å²) >= 11 is 0. The van der Waals surface area contributed by atoms with Gasteiger partial charge in [-0.1, -0.05) is 79.2 Å². The molecule has 4 aromatic rings. The van der Waals surface area contributed by atoms with Gasteiger partial charge in [0.15, 0.2) is 0 Å². The summed E-state index contributed by atoms with van der Waals surface area (Å²) in [5.41, 5.74) is 7.51. The van der Waals surface area contributed by atoms with E-state index >= 15 is 0 Å². The fourth-order valence-corrected chi connectivity index (χ4v) is 5.58. The number of benzene rings is 4. The highest BCUT2D eigenvalue weighted by molar-refractivity contribution is 6.37. The van der Waals surface area contributed by atoms with Crippen LogP contribution in [0.1, 0.15) is 41.5 Å². The predicted octanol–water partition coefficient (Wildman–Crippen LogP) is 6.79. The first-order valence-corrected chi connectivity index (χ1v) is 14.3. The first-order valence-electron chi connectivity index (χ1n) is 14.3. The van der Waals surface area contributed by atoms with E-state index in [4.69, 9.17) is 0 Å². The normalized spacial score (nSPS) is 16.0. The zero-order valence-electron chi connectivity index (χ0n) is 23.0. The Kier molecular flexibility index (Phi) is 7.92. The minimum absolute atomic E-state index is 0.105. The van der Waals surface area contributed by atoms with Crippen LogP contribution in [0.3, 0.4) is 0 Å². The molecule has 2 amide bonds. The van der Waals surface area contributed by atoms with Crippen molar-refractivity contribution in [3.63, 3.8) is 0 Å². The molecule has 0 aromatic heterocycles. The van der Waals surface area contributed by atoms with Crippen molar-refractivity contribution in [3.05, 3.63) is 125 Å². The first kappa shape index (κ1) is 26.5. The number of fused-ring (bicyclic) bond motifs is 1. The van der Waals surface area contributed by atoms with Crippen LogP contribution in [0.15, 0.2) is 103 Å². The average Bonchev–Trinajstić information content (AvgIpc) is 3.32. The number of carbonyl (C=O) groups excluding carboxylic acids is 2. The van der Waals surface area contributed by atoms with Crippen molar-refractivity contribution in [2.45, 2.75) is 32.2 Å². The molecule has 0 atom stereocenters. The number of nitrogens with zero attached hydrogens (tertiary/aromatic N) is 1. The third-order valence-electron chi connectivity index (χ3n) is 7.65. The van der Waals surface area contributed by atoms with Crippen molar-refractivity contribution in [2.75, 3.05) is 29.0 Å².